The minimum atomic E-state index is 0. The highest BCUT2D eigenvalue weighted by molar-refractivity contribution is 5.85. The van der Waals surface area contributed by atoms with Crippen molar-refractivity contribution in [2.24, 2.45) is 11.7 Å². The number of methoxy groups -OCH3 is 1. The number of nitrogens with two attached hydrogens (primary N) is 1. The van der Waals surface area contributed by atoms with Gasteiger partial charge in [-0.15, -0.1) is 12.4 Å². The maximum Gasteiger partial charge on any atom is 0.240 e. The molecule has 0 atom stereocenters. The zero-order chi connectivity index (χ0) is 18.4. The first-order valence-corrected chi connectivity index (χ1v) is 8.82. The summed E-state index contributed by atoms with van der Waals surface area (Å²) in [5.74, 6) is 2.08. The van der Waals surface area contributed by atoms with E-state index in [4.69, 9.17) is 15.0 Å². The van der Waals surface area contributed by atoms with Gasteiger partial charge in [-0.25, -0.2) is 0 Å². The first kappa shape index (κ1) is 21.1. The molecule has 8 nitrogen and oxygen atoms in total. The molecule has 0 radical (unpaired) electrons. The van der Waals surface area contributed by atoms with E-state index < -0.39 is 0 Å². The van der Waals surface area contributed by atoms with Gasteiger partial charge in [0.05, 0.1) is 20.2 Å². The molecular weight excluding hydrogens is 370 g/mol. The van der Waals surface area contributed by atoms with E-state index in [-0.39, 0.29) is 30.8 Å². The number of piperidine rings is 1. The van der Waals surface area contributed by atoms with Gasteiger partial charge in [0.25, 0.3) is 0 Å². The number of aromatic nitrogens is 2. The predicted molar refractivity (Wildman–Crippen MR) is 102 cm³/mol. The number of nitrogens with one attached hydrogen (secondary N) is 1. The van der Waals surface area contributed by atoms with Gasteiger partial charge in [-0.1, -0.05) is 17.3 Å². The van der Waals surface area contributed by atoms with Crippen LogP contribution < -0.4 is 15.8 Å². The van der Waals surface area contributed by atoms with Crippen molar-refractivity contribution in [3.05, 3.63) is 41.5 Å². The summed E-state index contributed by atoms with van der Waals surface area (Å²) >= 11 is 0. The maximum atomic E-state index is 12.4. The summed E-state index contributed by atoms with van der Waals surface area (Å²) in [5, 5.41) is 6.94. The molecule has 9 heteroatoms. The zero-order valence-electron chi connectivity index (χ0n) is 15.4. The molecule has 1 fully saturated rings. The molecule has 0 unspecified atom stereocenters. The van der Waals surface area contributed by atoms with Crippen molar-refractivity contribution >= 4 is 18.3 Å². The summed E-state index contributed by atoms with van der Waals surface area (Å²) in [6.45, 7) is 3.10. The Hall–Kier alpha value is -2.16. The third-order valence-corrected chi connectivity index (χ3v) is 4.63. The number of hydrogen-bond acceptors (Lipinski definition) is 7. The fourth-order valence-corrected chi connectivity index (χ4v) is 3.07. The zero-order valence-corrected chi connectivity index (χ0v) is 16.2. The number of nitrogens with zero attached hydrogens (tertiary/aromatic N) is 3. The molecule has 2 heterocycles. The minimum absolute atomic E-state index is 0. The summed E-state index contributed by atoms with van der Waals surface area (Å²) in [4.78, 5) is 18.8. The van der Waals surface area contributed by atoms with Crippen LogP contribution in [-0.2, 0) is 24.4 Å². The van der Waals surface area contributed by atoms with Crippen LogP contribution in [0.15, 0.2) is 28.8 Å². The lowest BCUT2D eigenvalue weighted by Gasteiger charge is -2.30. The van der Waals surface area contributed by atoms with Crippen LogP contribution in [0.3, 0.4) is 0 Å². The van der Waals surface area contributed by atoms with Crippen LogP contribution in [0.1, 0.15) is 30.1 Å². The van der Waals surface area contributed by atoms with Gasteiger partial charge < -0.3 is 20.3 Å². The predicted octanol–water partition coefficient (Wildman–Crippen LogP) is 1.49. The fourth-order valence-electron chi connectivity index (χ4n) is 3.07. The Bertz CT molecular complexity index is 714. The Labute approximate surface area is 164 Å². The van der Waals surface area contributed by atoms with Gasteiger partial charge in [-0.05, 0) is 43.6 Å². The molecule has 0 saturated carbocycles. The summed E-state index contributed by atoms with van der Waals surface area (Å²) in [7, 11) is 1.64. The summed E-state index contributed by atoms with van der Waals surface area (Å²) in [6, 6.07) is 7.71. The first-order valence-electron chi connectivity index (χ1n) is 8.82. The molecule has 1 aliphatic rings. The molecule has 2 aromatic rings. The standard InChI is InChI=1S/C18H25N5O3.ClH/c1-25-15-4-2-13(3-5-15)11-20-18(24)14-6-8-23(9-7-14)12-16-21-17(10-19)26-22-16;/h2-5,14H,6-12,19H2,1H3,(H,20,24);1H. The Morgan fingerprint density at radius 3 is 2.63 bits per heavy atom. The summed E-state index contributed by atoms with van der Waals surface area (Å²) in [6.07, 6.45) is 1.66. The SMILES string of the molecule is COc1ccc(CNC(=O)C2CCN(Cc3noc(CN)n3)CC2)cc1.Cl. The van der Waals surface area contributed by atoms with Gasteiger partial charge >= 0.3 is 0 Å². The highest BCUT2D eigenvalue weighted by atomic mass is 35.5. The Morgan fingerprint density at radius 2 is 2.04 bits per heavy atom. The third-order valence-electron chi connectivity index (χ3n) is 4.63. The van der Waals surface area contributed by atoms with Crippen LogP contribution in [0.4, 0.5) is 0 Å². The van der Waals surface area contributed by atoms with E-state index in [1.807, 2.05) is 24.3 Å². The Balaban J connectivity index is 0.00000261. The molecule has 3 rings (SSSR count). The van der Waals surface area contributed by atoms with E-state index in [1.54, 1.807) is 7.11 Å². The number of likely N-dealkylation sites (tertiary alicyclic amines) is 1. The van der Waals surface area contributed by atoms with E-state index in [0.29, 0.717) is 24.8 Å². The lowest BCUT2D eigenvalue weighted by Crippen LogP contribution is -2.40. The number of halogens is 1. The molecule has 1 aliphatic heterocycles. The average Bonchev–Trinajstić information content (AvgIpc) is 3.14. The van der Waals surface area contributed by atoms with Crippen molar-refractivity contribution in [3.8, 4) is 5.75 Å². The van der Waals surface area contributed by atoms with Crippen LogP contribution in [0.5, 0.6) is 5.75 Å². The number of ether oxygens (including phenoxy) is 1. The van der Waals surface area contributed by atoms with Crippen molar-refractivity contribution in [1.82, 2.24) is 20.4 Å². The smallest absolute Gasteiger partial charge is 0.240 e. The first-order chi connectivity index (χ1) is 12.7. The molecule has 1 aromatic heterocycles. The van der Waals surface area contributed by atoms with Gasteiger partial charge in [0.15, 0.2) is 5.82 Å². The van der Waals surface area contributed by atoms with Crippen molar-refractivity contribution in [2.45, 2.75) is 32.5 Å². The van der Waals surface area contributed by atoms with Gasteiger partial charge in [0, 0.05) is 12.5 Å². The van der Waals surface area contributed by atoms with E-state index in [0.717, 1.165) is 37.2 Å². The number of amides is 1. The van der Waals surface area contributed by atoms with Gasteiger partial charge in [0.1, 0.15) is 5.75 Å². The third kappa shape index (κ3) is 5.92. The molecule has 0 aliphatic carbocycles. The molecule has 148 valence electrons. The van der Waals surface area contributed by atoms with Gasteiger partial charge in [0.2, 0.25) is 11.8 Å². The number of carbonyl (C=O) groups excluding carboxylic acids is 1. The fraction of sp³-hybridized carbons (Fsp3) is 0.500. The van der Waals surface area contributed by atoms with Crippen LogP contribution in [0.2, 0.25) is 0 Å². The normalized spacial score (nSPS) is 15.2. The molecule has 0 bridgehead atoms. The number of benzene rings is 1. The molecule has 1 aromatic carbocycles. The maximum absolute atomic E-state index is 12.4. The monoisotopic (exact) mass is 395 g/mol. The summed E-state index contributed by atoms with van der Waals surface area (Å²) < 4.78 is 10.2. The number of carbonyl (C=O) groups is 1. The van der Waals surface area contributed by atoms with E-state index in [9.17, 15) is 4.79 Å². The highest BCUT2D eigenvalue weighted by Gasteiger charge is 2.25. The second-order valence-electron chi connectivity index (χ2n) is 6.42. The Morgan fingerprint density at radius 1 is 1.33 bits per heavy atom. The van der Waals surface area contributed by atoms with Crippen LogP contribution >= 0.6 is 12.4 Å². The summed E-state index contributed by atoms with van der Waals surface area (Å²) in [5.41, 5.74) is 6.53. The van der Waals surface area contributed by atoms with Crippen molar-refractivity contribution in [1.29, 1.82) is 0 Å². The largest absolute Gasteiger partial charge is 0.497 e. The molecule has 0 spiro atoms. The van der Waals surface area contributed by atoms with Crippen molar-refractivity contribution < 1.29 is 14.1 Å². The second kappa shape index (κ2) is 10.2. The topological polar surface area (TPSA) is 107 Å². The number of rotatable bonds is 7. The van der Waals surface area contributed by atoms with Crippen LogP contribution in [0.25, 0.3) is 0 Å². The van der Waals surface area contributed by atoms with E-state index in [2.05, 4.69) is 20.4 Å². The minimum Gasteiger partial charge on any atom is -0.497 e. The van der Waals surface area contributed by atoms with Gasteiger partial charge in [-0.3, -0.25) is 9.69 Å². The van der Waals surface area contributed by atoms with E-state index >= 15 is 0 Å². The van der Waals surface area contributed by atoms with Gasteiger partial charge in [-0.2, -0.15) is 4.98 Å². The molecule has 27 heavy (non-hydrogen) atoms. The second-order valence-corrected chi connectivity index (χ2v) is 6.42. The lowest BCUT2D eigenvalue weighted by atomic mass is 9.96. The van der Waals surface area contributed by atoms with Crippen molar-refractivity contribution in [2.75, 3.05) is 20.2 Å². The Kier molecular flexibility index (Phi) is 8.02. The van der Waals surface area contributed by atoms with Crippen molar-refractivity contribution in [3.63, 3.8) is 0 Å². The lowest BCUT2D eigenvalue weighted by molar-refractivity contribution is -0.126. The van der Waals surface area contributed by atoms with Crippen LogP contribution in [0, 0.1) is 5.92 Å². The van der Waals surface area contributed by atoms with E-state index in [1.165, 1.54) is 0 Å². The van der Waals surface area contributed by atoms with Crippen LogP contribution in [-0.4, -0.2) is 41.1 Å². The number of hydrogen-bond donors (Lipinski definition) is 2. The average molecular weight is 396 g/mol. The molecule has 3 N–H and O–H groups in total. The molecule has 1 amide bonds. The quantitative estimate of drug-likeness (QED) is 0.731. The molecule has 1 saturated heterocycles. The highest BCUT2D eigenvalue weighted by Crippen LogP contribution is 2.19. The molecular formula is C18H26ClN5O3.